The van der Waals surface area contributed by atoms with Gasteiger partial charge in [0.1, 0.15) is 17.3 Å². The lowest BCUT2D eigenvalue weighted by atomic mass is 10.0. The highest BCUT2D eigenvalue weighted by molar-refractivity contribution is 5.80. The zero-order valence-corrected chi connectivity index (χ0v) is 8.62. The molecule has 0 N–H and O–H groups in total. The van der Waals surface area contributed by atoms with Gasteiger partial charge in [-0.05, 0) is 6.92 Å². The molecule has 0 unspecified atom stereocenters. The number of Topliss-reactive ketones (excluding diaryl/α,β-unsaturated/α-hetero) is 1. The Morgan fingerprint density at radius 1 is 1.36 bits per heavy atom. The molecule has 0 aliphatic rings. The average molecular weight is 198 g/mol. The normalized spacial score (nSPS) is 10.9. The molecule has 1 aromatic heterocycles. The highest BCUT2D eigenvalue weighted by atomic mass is 16.6. The number of aryl methyl sites for hydroxylation is 2. The van der Waals surface area contributed by atoms with E-state index in [2.05, 4.69) is 4.42 Å². The first-order valence-electron chi connectivity index (χ1n) is 4.63. The SMILES string of the molecule is Cc1oc(=O)oc1CCC(=O)C(C)C. The lowest BCUT2D eigenvalue weighted by Crippen LogP contribution is -2.07. The van der Waals surface area contributed by atoms with E-state index in [1.165, 1.54) is 0 Å². The third kappa shape index (κ3) is 2.58. The minimum Gasteiger partial charge on any atom is -0.396 e. The highest BCUT2D eigenvalue weighted by Crippen LogP contribution is 2.10. The summed E-state index contributed by atoms with van der Waals surface area (Å²) >= 11 is 0. The first kappa shape index (κ1) is 10.8. The van der Waals surface area contributed by atoms with E-state index in [4.69, 9.17) is 4.42 Å². The van der Waals surface area contributed by atoms with Gasteiger partial charge < -0.3 is 8.83 Å². The summed E-state index contributed by atoms with van der Waals surface area (Å²) in [5.74, 6) is 0.423. The van der Waals surface area contributed by atoms with Crippen molar-refractivity contribution in [3.05, 3.63) is 22.1 Å². The van der Waals surface area contributed by atoms with Gasteiger partial charge in [-0.3, -0.25) is 4.79 Å². The highest BCUT2D eigenvalue weighted by Gasteiger charge is 2.12. The maximum absolute atomic E-state index is 11.3. The van der Waals surface area contributed by atoms with Gasteiger partial charge in [0, 0.05) is 18.8 Å². The van der Waals surface area contributed by atoms with Crippen molar-refractivity contribution in [3.8, 4) is 0 Å². The average Bonchev–Trinajstić information content (AvgIpc) is 2.40. The molecule has 0 saturated heterocycles. The molecule has 0 fully saturated rings. The summed E-state index contributed by atoms with van der Waals surface area (Å²) in [4.78, 5) is 22.0. The standard InChI is InChI=1S/C10H14O4/c1-6(2)8(11)4-5-9-7(3)13-10(12)14-9/h6H,4-5H2,1-3H3. The Labute approximate surface area is 81.9 Å². The molecule has 78 valence electrons. The molecule has 1 heterocycles. The Hall–Kier alpha value is -1.32. The van der Waals surface area contributed by atoms with Crippen LogP contribution in [0.25, 0.3) is 0 Å². The van der Waals surface area contributed by atoms with Gasteiger partial charge in [-0.1, -0.05) is 13.8 Å². The first-order valence-corrected chi connectivity index (χ1v) is 4.63. The first-order chi connectivity index (χ1) is 6.50. The molecule has 0 aliphatic carbocycles. The van der Waals surface area contributed by atoms with E-state index in [0.717, 1.165) is 0 Å². The van der Waals surface area contributed by atoms with Crippen molar-refractivity contribution in [1.29, 1.82) is 0 Å². The predicted octanol–water partition coefficient (Wildman–Crippen LogP) is 1.70. The molecule has 0 aliphatic heterocycles. The van der Waals surface area contributed by atoms with Crippen molar-refractivity contribution >= 4 is 5.78 Å². The molecule has 4 nitrogen and oxygen atoms in total. The maximum Gasteiger partial charge on any atom is 0.519 e. The fourth-order valence-electron chi connectivity index (χ4n) is 1.13. The van der Waals surface area contributed by atoms with E-state index in [1.807, 2.05) is 13.8 Å². The summed E-state index contributed by atoms with van der Waals surface area (Å²) in [5.41, 5.74) is 0. The Balaban J connectivity index is 2.58. The fourth-order valence-corrected chi connectivity index (χ4v) is 1.13. The Morgan fingerprint density at radius 2 is 2.00 bits per heavy atom. The summed E-state index contributed by atoms with van der Waals surface area (Å²) in [5, 5.41) is 0. The Kier molecular flexibility index (Phi) is 3.28. The molecular weight excluding hydrogens is 184 g/mol. The second kappa shape index (κ2) is 4.26. The molecule has 0 saturated carbocycles. The molecule has 0 bridgehead atoms. The monoisotopic (exact) mass is 198 g/mol. The van der Waals surface area contributed by atoms with E-state index in [0.29, 0.717) is 24.4 Å². The van der Waals surface area contributed by atoms with Crippen LogP contribution in [0.3, 0.4) is 0 Å². The van der Waals surface area contributed by atoms with Gasteiger partial charge in [-0.2, -0.15) is 0 Å². The molecule has 0 aromatic carbocycles. The summed E-state index contributed by atoms with van der Waals surface area (Å²) in [7, 11) is 0. The van der Waals surface area contributed by atoms with Crippen LogP contribution < -0.4 is 5.82 Å². The van der Waals surface area contributed by atoms with Crippen LogP contribution in [-0.4, -0.2) is 5.78 Å². The fraction of sp³-hybridized carbons (Fsp3) is 0.600. The number of carbonyl (C=O) groups is 1. The summed E-state index contributed by atoms with van der Waals surface area (Å²) < 4.78 is 9.44. The van der Waals surface area contributed by atoms with Gasteiger partial charge in [0.05, 0.1) is 0 Å². The third-order valence-electron chi connectivity index (χ3n) is 2.08. The largest absolute Gasteiger partial charge is 0.519 e. The van der Waals surface area contributed by atoms with E-state index < -0.39 is 5.82 Å². The molecule has 0 amide bonds. The van der Waals surface area contributed by atoms with Gasteiger partial charge in [-0.15, -0.1) is 0 Å². The summed E-state index contributed by atoms with van der Waals surface area (Å²) in [6.07, 6.45) is 0.829. The number of ketones is 1. The van der Waals surface area contributed by atoms with Gasteiger partial charge in [0.25, 0.3) is 0 Å². The van der Waals surface area contributed by atoms with Crippen LogP contribution in [0.4, 0.5) is 0 Å². The minimum atomic E-state index is -0.700. The second-order valence-corrected chi connectivity index (χ2v) is 3.55. The molecule has 1 rings (SSSR count). The summed E-state index contributed by atoms with van der Waals surface area (Å²) in [6, 6.07) is 0. The quantitative estimate of drug-likeness (QED) is 0.738. The smallest absolute Gasteiger partial charge is 0.396 e. The van der Waals surface area contributed by atoms with E-state index >= 15 is 0 Å². The Morgan fingerprint density at radius 3 is 2.43 bits per heavy atom. The van der Waals surface area contributed by atoms with Crippen molar-refractivity contribution in [2.45, 2.75) is 33.6 Å². The van der Waals surface area contributed by atoms with Gasteiger partial charge in [-0.25, -0.2) is 4.79 Å². The zero-order chi connectivity index (χ0) is 10.7. The van der Waals surface area contributed by atoms with Crippen molar-refractivity contribution in [2.75, 3.05) is 0 Å². The minimum absolute atomic E-state index is 0.0222. The lowest BCUT2D eigenvalue weighted by Gasteiger charge is -2.01. The predicted molar refractivity (Wildman–Crippen MR) is 50.1 cm³/mol. The van der Waals surface area contributed by atoms with E-state index in [-0.39, 0.29) is 11.7 Å². The van der Waals surface area contributed by atoms with Gasteiger partial charge in [0.2, 0.25) is 0 Å². The van der Waals surface area contributed by atoms with Crippen LogP contribution >= 0.6 is 0 Å². The van der Waals surface area contributed by atoms with Crippen molar-refractivity contribution in [1.82, 2.24) is 0 Å². The van der Waals surface area contributed by atoms with Gasteiger partial charge in [0.15, 0.2) is 0 Å². The van der Waals surface area contributed by atoms with Gasteiger partial charge >= 0.3 is 5.82 Å². The molecule has 0 spiro atoms. The molecule has 0 radical (unpaired) electrons. The van der Waals surface area contributed by atoms with Crippen LogP contribution in [-0.2, 0) is 11.2 Å². The summed E-state index contributed by atoms with van der Waals surface area (Å²) in [6.45, 7) is 5.35. The van der Waals surface area contributed by atoms with Crippen LogP contribution in [0, 0.1) is 12.8 Å². The zero-order valence-electron chi connectivity index (χ0n) is 8.62. The number of hydrogen-bond acceptors (Lipinski definition) is 4. The van der Waals surface area contributed by atoms with Crippen molar-refractivity contribution < 1.29 is 13.6 Å². The van der Waals surface area contributed by atoms with Crippen LogP contribution in [0.1, 0.15) is 31.8 Å². The number of rotatable bonds is 4. The van der Waals surface area contributed by atoms with Crippen molar-refractivity contribution in [2.24, 2.45) is 5.92 Å². The van der Waals surface area contributed by atoms with Crippen LogP contribution in [0.5, 0.6) is 0 Å². The number of carbonyl (C=O) groups excluding carboxylic acids is 1. The van der Waals surface area contributed by atoms with E-state index in [1.54, 1.807) is 6.92 Å². The van der Waals surface area contributed by atoms with Crippen LogP contribution in [0.2, 0.25) is 0 Å². The molecular formula is C10H14O4. The Bertz CT molecular complexity index is 370. The molecule has 14 heavy (non-hydrogen) atoms. The second-order valence-electron chi connectivity index (χ2n) is 3.55. The van der Waals surface area contributed by atoms with Crippen LogP contribution in [0.15, 0.2) is 13.6 Å². The lowest BCUT2D eigenvalue weighted by molar-refractivity contribution is -0.121. The van der Waals surface area contributed by atoms with E-state index in [9.17, 15) is 9.59 Å². The maximum atomic E-state index is 11.3. The topological polar surface area (TPSA) is 60.4 Å². The molecule has 0 atom stereocenters. The third-order valence-corrected chi connectivity index (χ3v) is 2.08. The van der Waals surface area contributed by atoms with Crippen molar-refractivity contribution in [3.63, 3.8) is 0 Å². The number of hydrogen-bond donors (Lipinski definition) is 0. The molecule has 4 heteroatoms. The molecule has 1 aromatic rings.